The van der Waals surface area contributed by atoms with Crippen LogP contribution in [0.15, 0.2) is 91.0 Å². The lowest BCUT2D eigenvalue weighted by molar-refractivity contribution is -0.140. The van der Waals surface area contributed by atoms with E-state index in [1.807, 2.05) is 13.8 Å². The molecule has 0 heterocycles. The summed E-state index contributed by atoms with van der Waals surface area (Å²) in [5.41, 5.74) is 8.51. The Kier molecular flexibility index (Phi) is 9.89. The molecule has 0 aliphatic heterocycles. The summed E-state index contributed by atoms with van der Waals surface area (Å²) < 4.78 is 10.7. The zero-order chi connectivity index (χ0) is 28.7. The Hall–Kier alpha value is -4.12. The Morgan fingerprint density at radius 1 is 0.667 bits per heavy atom. The number of anilines is 3. The second-order valence-corrected chi connectivity index (χ2v) is 10.3. The first-order chi connectivity index (χ1) is 18.5. The minimum absolute atomic E-state index is 0.0529. The maximum atomic E-state index is 11.8. The molecule has 0 fully saturated rings. The third-order valence-corrected chi connectivity index (χ3v) is 6.82. The van der Waals surface area contributed by atoms with E-state index >= 15 is 0 Å². The minimum atomic E-state index is -0.369. The van der Waals surface area contributed by atoms with Crippen LogP contribution in [0, 0.1) is 13.8 Å². The van der Waals surface area contributed by atoms with Gasteiger partial charge in [0.05, 0.1) is 13.2 Å². The first-order valence-corrected chi connectivity index (χ1v) is 13.2. The highest BCUT2D eigenvalue weighted by molar-refractivity contribution is 5.87. The van der Waals surface area contributed by atoms with Gasteiger partial charge in [0.1, 0.15) is 0 Å². The summed E-state index contributed by atoms with van der Waals surface area (Å²) in [4.78, 5) is 25.8. The van der Waals surface area contributed by atoms with Crippen molar-refractivity contribution in [3.05, 3.63) is 113 Å². The molecule has 0 saturated carbocycles. The van der Waals surface area contributed by atoms with Gasteiger partial charge in [-0.2, -0.15) is 0 Å². The van der Waals surface area contributed by atoms with Gasteiger partial charge in [0.15, 0.2) is 0 Å². The van der Waals surface area contributed by atoms with Crippen molar-refractivity contribution >= 4 is 29.0 Å². The second kappa shape index (κ2) is 13.1. The highest BCUT2D eigenvalue weighted by atomic mass is 16.5. The molecular weight excluding hydrogens is 486 g/mol. The van der Waals surface area contributed by atoms with Gasteiger partial charge in [-0.15, -0.1) is 0 Å². The maximum absolute atomic E-state index is 11.8. The van der Waals surface area contributed by atoms with E-state index in [0.717, 1.165) is 28.2 Å². The third kappa shape index (κ3) is 7.70. The van der Waals surface area contributed by atoms with Crippen LogP contribution >= 0.6 is 0 Å². The summed E-state index contributed by atoms with van der Waals surface area (Å²) in [6.07, 6.45) is 0. The zero-order valence-corrected chi connectivity index (χ0v) is 23.9. The predicted molar refractivity (Wildman–Crippen MR) is 159 cm³/mol. The van der Waals surface area contributed by atoms with Gasteiger partial charge in [0.25, 0.3) is 0 Å². The molecular formula is C34H39NO4. The van der Waals surface area contributed by atoms with Gasteiger partial charge in [-0.25, -0.2) is 9.59 Å². The Labute approximate surface area is 232 Å². The zero-order valence-electron chi connectivity index (χ0n) is 23.9. The highest BCUT2D eigenvalue weighted by Crippen LogP contribution is 2.36. The van der Waals surface area contributed by atoms with Crippen molar-refractivity contribution in [2.24, 2.45) is 0 Å². The molecule has 5 nitrogen and oxygen atoms in total. The van der Waals surface area contributed by atoms with E-state index in [0.29, 0.717) is 24.4 Å². The third-order valence-electron chi connectivity index (χ3n) is 6.82. The molecule has 3 aromatic rings. The summed E-state index contributed by atoms with van der Waals surface area (Å²) >= 11 is 0. The van der Waals surface area contributed by atoms with Gasteiger partial charge in [0.2, 0.25) is 0 Å². The number of carbonyl (C=O) groups excluding carboxylic acids is 2. The summed E-state index contributed by atoms with van der Waals surface area (Å²) in [5, 5.41) is 0. The Morgan fingerprint density at radius 3 is 1.41 bits per heavy atom. The van der Waals surface area contributed by atoms with Gasteiger partial charge in [-0.3, -0.25) is 0 Å². The summed E-state index contributed by atoms with van der Waals surface area (Å²) in [7, 11) is 0. The van der Waals surface area contributed by atoms with E-state index in [-0.39, 0.29) is 23.8 Å². The van der Waals surface area contributed by atoms with Crippen LogP contribution in [0.1, 0.15) is 61.8 Å². The number of ether oxygens (including phenoxy) is 2. The van der Waals surface area contributed by atoms with E-state index in [2.05, 4.69) is 98.6 Å². The number of nitrogens with zero attached hydrogens (tertiary/aromatic N) is 1. The Balaban J connectivity index is 1.87. The van der Waals surface area contributed by atoms with Crippen LogP contribution in [0.5, 0.6) is 0 Å². The fourth-order valence-electron chi connectivity index (χ4n) is 4.06. The van der Waals surface area contributed by atoms with Crippen LogP contribution in [-0.2, 0) is 19.1 Å². The van der Waals surface area contributed by atoms with Crippen LogP contribution in [0.4, 0.5) is 17.1 Å². The summed E-state index contributed by atoms with van der Waals surface area (Å²) in [6, 6.07) is 23.1. The van der Waals surface area contributed by atoms with Crippen molar-refractivity contribution in [1.29, 1.82) is 0 Å². The quantitative estimate of drug-likeness (QED) is 0.186. The molecule has 0 aliphatic carbocycles. The SMILES string of the molecule is C=C(C)C(=O)OCC(C)c1ccc(N(c2ccc(C(C)COC(=O)C(=C)C)cc2)c2ccc(C)c(C)c2)cc1. The van der Waals surface area contributed by atoms with Crippen LogP contribution < -0.4 is 4.90 Å². The minimum Gasteiger partial charge on any atom is -0.462 e. The van der Waals surface area contributed by atoms with Crippen LogP contribution in [0.25, 0.3) is 0 Å². The number of rotatable bonds is 11. The van der Waals surface area contributed by atoms with Crippen molar-refractivity contribution in [3.63, 3.8) is 0 Å². The largest absolute Gasteiger partial charge is 0.462 e. The molecule has 39 heavy (non-hydrogen) atoms. The van der Waals surface area contributed by atoms with E-state index in [1.165, 1.54) is 11.1 Å². The van der Waals surface area contributed by atoms with E-state index < -0.39 is 0 Å². The molecule has 5 heteroatoms. The molecule has 2 unspecified atom stereocenters. The highest BCUT2D eigenvalue weighted by Gasteiger charge is 2.17. The number of benzene rings is 3. The molecule has 0 aromatic heterocycles. The molecule has 0 N–H and O–H groups in total. The molecule has 0 aliphatic rings. The van der Waals surface area contributed by atoms with Crippen molar-refractivity contribution in [1.82, 2.24) is 0 Å². The van der Waals surface area contributed by atoms with E-state index in [1.54, 1.807) is 13.8 Å². The Bertz CT molecular complexity index is 1260. The molecule has 0 spiro atoms. The van der Waals surface area contributed by atoms with Gasteiger partial charge in [0, 0.05) is 40.0 Å². The smallest absolute Gasteiger partial charge is 0.333 e. The standard InChI is InChI=1S/C34H39NO4/c1-22(2)33(36)38-20-26(7)28-10-15-30(16-11-28)35(32-14-9-24(5)25(6)19-32)31-17-12-29(13-18-31)27(8)21-39-34(37)23(3)4/h9-19,26-27H,1,3,20-21H2,2,4-8H3. The number of aryl methyl sites for hydroxylation is 2. The number of esters is 2. The lowest BCUT2D eigenvalue weighted by Crippen LogP contribution is -2.13. The topological polar surface area (TPSA) is 55.8 Å². The average Bonchev–Trinajstić information content (AvgIpc) is 2.92. The monoisotopic (exact) mass is 525 g/mol. The number of hydrogen-bond donors (Lipinski definition) is 0. The first-order valence-electron chi connectivity index (χ1n) is 13.2. The van der Waals surface area contributed by atoms with Crippen molar-refractivity contribution in [2.45, 2.75) is 53.4 Å². The van der Waals surface area contributed by atoms with Gasteiger partial charge < -0.3 is 14.4 Å². The molecule has 2 atom stereocenters. The van der Waals surface area contributed by atoms with Crippen molar-refractivity contribution in [2.75, 3.05) is 18.1 Å². The van der Waals surface area contributed by atoms with Crippen molar-refractivity contribution < 1.29 is 19.1 Å². The fourth-order valence-corrected chi connectivity index (χ4v) is 4.06. The van der Waals surface area contributed by atoms with Crippen LogP contribution in [0.2, 0.25) is 0 Å². The summed E-state index contributed by atoms with van der Waals surface area (Å²) in [6.45, 7) is 19.5. The molecule has 204 valence electrons. The fraction of sp³-hybridized carbons (Fsp3) is 0.294. The van der Waals surface area contributed by atoms with E-state index in [4.69, 9.17) is 9.47 Å². The maximum Gasteiger partial charge on any atom is 0.333 e. The van der Waals surface area contributed by atoms with Crippen molar-refractivity contribution in [3.8, 4) is 0 Å². The predicted octanol–water partition coefficient (Wildman–Crippen LogP) is 8.22. The van der Waals surface area contributed by atoms with Crippen LogP contribution in [-0.4, -0.2) is 25.2 Å². The molecule has 3 aromatic carbocycles. The lowest BCUT2D eigenvalue weighted by atomic mass is 10.00. The molecule has 0 amide bonds. The second-order valence-electron chi connectivity index (χ2n) is 10.3. The molecule has 0 radical (unpaired) electrons. The lowest BCUT2D eigenvalue weighted by Gasteiger charge is -2.27. The molecule has 3 rings (SSSR count). The molecule has 0 bridgehead atoms. The normalized spacial score (nSPS) is 12.3. The number of carbonyl (C=O) groups is 2. The first kappa shape index (κ1) is 29.4. The van der Waals surface area contributed by atoms with Gasteiger partial charge in [-0.05, 0) is 86.3 Å². The van der Waals surface area contributed by atoms with Gasteiger partial charge >= 0.3 is 11.9 Å². The number of hydrogen-bond acceptors (Lipinski definition) is 5. The molecule has 0 saturated heterocycles. The Morgan fingerprint density at radius 2 is 1.05 bits per heavy atom. The van der Waals surface area contributed by atoms with Gasteiger partial charge in [-0.1, -0.05) is 57.3 Å². The summed E-state index contributed by atoms with van der Waals surface area (Å²) in [5.74, 6) is -0.633. The average molecular weight is 526 g/mol. The van der Waals surface area contributed by atoms with E-state index in [9.17, 15) is 9.59 Å². The van der Waals surface area contributed by atoms with Crippen LogP contribution in [0.3, 0.4) is 0 Å².